The van der Waals surface area contributed by atoms with Crippen LogP contribution in [0.1, 0.15) is 45.1 Å². The molecule has 1 fully saturated rings. The van der Waals surface area contributed by atoms with Crippen molar-refractivity contribution in [3.63, 3.8) is 0 Å². The highest BCUT2D eigenvalue weighted by molar-refractivity contribution is 5.44. The van der Waals surface area contributed by atoms with Crippen LogP contribution in [0.5, 0.6) is 5.75 Å². The molecule has 0 aromatic heterocycles. The summed E-state index contributed by atoms with van der Waals surface area (Å²) < 4.78 is 33.5. The average molecular weight is 252 g/mol. The zero-order valence-corrected chi connectivity index (χ0v) is 11.0. The highest BCUT2D eigenvalue weighted by Crippen LogP contribution is 2.65. The SMILES string of the molecule is CC(C)(C)C1c2c(F)ccc(F)c2OCC12CC2. The van der Waals surface area contributed by atoms with Crippen LogP contribution in [0.25, 0.3) is 0 Å². The third-order valence-electron chi connectivity index (χ3n) is 4.26. The molecule has 1 spiro atoms. The fraction of sp³-hybridized carbons (Fsp3) is 0.600. The molecule has 98 valence electrons. The second-order valence-corrected chi connectivity index (χ2v) is 6.72. The molecule has 1 aliphatic carbocycles. The third kappa shape index (κ3) is 1.56. The molecule has 1 aliphatic heterocycles. The normalized spacial score (nSPS) is 24.6. The van der Waals surface area contributed by atoms with Gasteiger partial charge < -0.3 is 4.74 Å². The summed E-state index contributed by atoms with van der Waals surface area (Å²) in [5.41, 5.74) is 0.384. The van der Waals surface area contributed by atoms with Gasteiger partial charge in [0.2, 0.25) is 0 Å². The average Bonchev–Trinajstić information content (AvgIpc) is 3.02. The van der Waals surface area contributed by atoms with E-state index in [1.807, 2.05) is 0 Å². The van der Waals surface area contributed by atoms with Gasteiger partial charge in [-0.1, -0.05) is 20.8 Å². The highest BCUT2D eigenvalue weighted by atomic mass is 19.1. The number of benzene rings is 1. The van der Waals surface area contributed by atoms with Crippen molar-refractivity contribution < 1.29 is 13.5 Å². The summed E-state index contributed by atoms with van der Waals surface area (Å²) in [7, 11) is 0. The molecule has 3 heteroatoms. The van der Waals surface area contributed by atoms with Crippen molar-refractivity contribution in [2.45, 2.75) is 39.5 Å². The molecule has 1 saturated carbocycles. The Labute approximate surface area is 106 Å². The van der Waals surface area contributed by atoms with E-state index in [0.29, 0.717) is 12.2 Å². The number of rotatable bonds is 0. The van der Waals surface area contributed by atoms with E-state index in [4.69, 9.17) is 4.74 Å². The molecule has 18 heavy (non-hydrogen) atoms. The van der Waals surface area contributed by atoms with Crippen LogP contribution in [0, 0.1) is 22.5 Å². The lowest BCUT2D eigenvalue weighted by Crippen LogP contribution is -2.36. The Balaban J connectivity index is 2.21. The highest BCUT2D eigenvalue weighted by Gasteiger charge is 2.58. The van der Waals surface area contributed by atoms with Crippen molar-refractivity contribution in [1.82, 2.24) is 0 Å². The lowest BCUT2D eigenvalue weighted by molar-refractivity contribution is 0.106. The number of fused-ring (bicyclic) bond motifs is 1. The molecular formula is C15H18F2O. The van der Waals surface area contributed by atoms with Gasteiger partial charge in [0.15, 0.2) is 11.6 Å². The van der Waals surface area contributed by atoms with Gasteiger partial charge in [0, 0.05) is 16.9 Å². The predicted octanol–water partition coefficient (Wildman–Crippen LogP) is 4.27. The number of ether oxygens (including phenoxy) is 1. The Morgan fingerprint density at radius 2 is 1.78 bits per heavy atom. The van der Waals surface area contributed by atoms with Gasteiger partial charge in [-0.2, -0.15) is 0 Å². The molecule has 0 amide bonds. The van der Waals surface area contributed by atoms with E-state index in [-0.39, 0.29) is 28.3 Å². The first kappa shape index (κ1) is 11.9. The molecule has 1 heterocycles. The topological polar surface area (TPSA) is 9.23 Å². The van der Waals surface area contributed by atoms with E-state index in [9.17, 15) is 8.78 Å². The van der Waals surface area contributed by atoms with Crippen LogP contribution in [0.2, 0.25) is 0 Å². The molecule has 0 saturated heterocycles. The van der Waals surface area contributed by atoms with Gasteiger partial charge in [0.25, 0.3) is 0 Å². The lowest BCUT2D eigenvalue weighted by Gasteiger charge is -2.42. The van der Waals surface area contributed by atoms with Gasteiger partial charge in [-0.3, -0.25) is 0 Å². The standard InChI is InChI=1S/C15H18F2O/c1-14(2,3)13-11-9(16)4-5-10(17)12(11)18-8-15(13)6-7-15/h4-5,13H,6-8H2,1-3H3. The lowest BCUT2D eigenvalue weighted by atomic mass is 9.66. The van der Waals surface area contributed by atoms with Gasteiger partial charge in [-0.05, 0) is 30.4 Å². The van der Waals surface area contributed by atoms with E-state index in [0.717, 1.165) is 18.9 Å². The van der Waals surface area contributed by atoms with Crippen molar-refractivity contribution in [2.75, 3.05) is 6.61 Å². The van der Waals surface area contributed by atoms with Crippen LogP contribution < -0.4 is 4.74 Å². The molecule has 2 aliphatic rings. The smallest absolute Gasteiger partial charge is 0.165 e. The summed E-state index contributed by atoms with van der Waals surface area (Å²) in [6, 6.07) is 2.37. The van der Waals surface area contributed by atoms with Crippen molar-refractivity contribution in [1.29, 1.82) is 0 Å². The van der Waals surface area contributed by atoms with Crippen LogP contribution in [0.3, 0.4) is 0 Å². The monoisotopic (exact) mass is 252 g/mol. The summed E-state index contributed by atoms with van der Waals surface area (Å²) in [4.78, 5) is 0. The summed E-state index contributed by atoms with van der Waals surface area (Å²) >= 11 is 0. The quantitative estimate of drug-likeness (QED) is 0.670. The summed E-state index contributed by atoms with van der Waals surface area (Å²) in [6.45, 7) is 6.80. The minimum absolute atomic E-state index is 0.0277. The van der Waals surface area contributed by atoms with E-state index in [1.165, 1.54) is 6.07 Å². The fourth-order valence-corrected chi connectivity index (χ4v) is 3.52. The number of hydrogen-bond donors (Lipinski definition) is 0. The van der Waals surface area contributed by atoms with Crippen molar-refractivity contribution in [2.24, 2.45) is 10.8 Å². The second kappa shape index (κ2) is 3.46. The van der Waals surface area contributed by atoms with Gasteiger partial charge in [-0.25, -0.2) is 8.78 Å². The van der Waals surface area contributed by atoms with E-state index >= 15 is 0 Å². The Kier molecular flexibility index (Phi) is 2.30. The van der Waals surface area contributed by atoms with Crippen LogP contribution in [-0.2, 0) is 0 Å². The Morgan fingerprint density at radius 1 is 1.17 bits per heavy atom. The van der Waals surface area contributed by atoms with Crippen molar-refractivity contribution in [3.05, 3.63) is 29.3 Å². The molecule has 1 aromatic carbocycles. The maximum atomic E-state index is 14.2. The van der Waals surface area contributed by atoms with Gasteiger partial charge in [0.1, 0.15) is 5.82 Å². The number of halogens is 2. The van der Waals surface area contributed by atoms with Crippen molar-refractivity contribution >= 4 is 0 Å². The molecule has 3 rings (SSSR count). The maximum Gasteiger partial charge on any atom is 0.165 e. The van der Waals surface area contributed by atoms with E-state index in [1.54, 1.807) is 0 Å². The number of hydrogen-bond acceptors (Lipinski definition) is 1. The fourth-order valence-electron chi connectivity index (χ4n) is 3.52. The van der Waals surface area contributed by atoms with Gasteiger partial charge in [0.05, 0.1) is 6.61 Å². The summed E-state index contributed by atoms with van der Waals surface area (Å²) in [6.07, 6.45) is 2.09. The van der Waals surface area contributed by atoms with E-state index < -0.39 is 5.82 Å². The Bertz CT molecular complexity index is 498. The summed E-state index contributed by atoms with van der Waals surface area (Å²) in [5.74, 6) is -0.620. The molecule has 0 bridgehead atoms. The molecule has 0 N–H and O–H groups in total. The zero-order valence-electron chi connectivity index (χ0n) is 11.0. The van der Waals surface area contributed by atoms with Crippen LogP contribution in [0.15, 0.2) is 12.1 Å². The predicted molar refractivity (Wildman–Crippen MR) is 65.7 cm³/mol. The maximum absolute atomic E-state index is 14.2. The van der Waals surface area contributed by atoms with Crippen LogP contribution in [-0.4, -0.2) is 6.61 Å². The third-order valence-corrected chi connectivity index (χ3v) is 4.26. The minimum atomic E-state index is -0.448. The Morgan fingerprint density at radius 3 is 2.33 bits per heavy atom. The van der Waals surface area contributed by atoms with Crippen LogP contribution >= 0.6 is 0 Å². The minimum Gasteiger partial charge on any atom is -0.489 e. The van der Waals surface area contributed by atoms with Gasteiger partial charge >= 0.3 is 0 Å². The van der Waals surface area contributed by atoms with Gasteiger partial charge in [-0.15, -0.1) is 0 Å². The summed E-state index contributed by atoms with van der Waals surface area (Å²) in [5, 5.41) is 0. The molecule has 1 aromatic rings. The van der Waals surface area contributed by atoms with Crippen LogP contribution in [0.4, 0.5) is 8.78 Å². The largest absolute Gasteiger partial charge is 0.489 e. The first-order chi connectivity index (χ1) is 8.35. The first-order valence-corrected chi connectivity index (χ1v) is 6.46. The molecule has 0 radical (unpaired) electrons. The zero-order chi connectivity index (χ0) is 13.1. The van der Waals surface area contributed by atoms with Crippen molar-refractivity contribution in [3.8, 4) is 5.75 Å². The molecule has 1 nitrogen and oxygen atoms in total. The van der Waals surface area contributed by atoms with E-state index in [2.05, 4.69) is 20.8 Å². The Hall–Kier alpha value is -1.12. The first-order valence-electron chi connectivity index (χ1n) is 6.46. The second-order valence-electron chi connectivity index (χ2n) is 6.72. The molecule has 1 unspecified atom stereocenters. The molecular weight excluding hydrogens is 234 g/mol. The molecule has 1 atom stereocenters.